The second-order valence-corrected chi connectivity index (χ2v) is 7.24. The van der Waals surface area contributed by atoms with Crippen LogP contribution in [-0.4, -0.2) is 9.97 Å². The summed E-state index contributed by atoms with van der Waals surface area (Å²) in [4.78, 5) is 11.3. The fourth-order valence-corrected chi connectivity index (χ4v) is 4.44. The van der Waals surface area contributed by atoms with Crippen molar-refractivity contribution in [1.82, 2.24) is 9.97 Å². The highest BCUT2D eigenvalue weighted by Gasteiger charge is 2.19. The monoisotopic (exact) mass is 336 g/mol. The summed E-state index contributed by atoms with van der Waals surface area (Å²) in [7, 11) is 0. The fourth-order valence-electron chi connectivity index (χ4n) is 3.21. The zero-order valence-electron chi connectivity index (χ0n) is 13.8. The number of azo groups is 1. The van der Waals surface area contributed by atoms with E-state index in [1.165, 1.54) is 34.4 Å². The fraction of sp³-hybridized carbons (Fsp3) is 0.368. The predicted molar refractivity (Wildman–Crippen MR) is 98.1 cm³/mol. The van der Waals surface area contributed by atoms with Gasteiger partial charge in [0.2, 0.25) is 0 Å². The van der Waals surface area contributed by atoms with Gasteiger partial charge in [-0.2, -0.15) is 5.11 Å². The number of nitrogens with zero attached hydrogens (tertiary/aromatic N) is 4. The van der Waals surface area contributed by atoms with Crippen molar-refractivity contribution in [2.45, 2.75) is 45.6 Å². The Bertz CT molecular complexity index is 880. The van der Waals surface area contributed by atoms with Gasteiger partial charge in [0, 0.05) is 4.88 Å². The van der Waals surface area contributed by atoms with Crippen molar-refractivity contribution < 1.29 is 0 Å². The van der Waals surface area contributed by atoms with Crippen molar-refractivity contribution in [2.75, 3.05) is 0 Å². The van der Waals surface area contributed by atoms with Crippen LogP contribution >= 0.6 is 11.3 Å². The van der Waals surface area contributed by atoms with Crippen LogP contribution in [0.2, 0.25) is 0 Å². The lowest BCUT2D eigenvalue weighted by Gasteiger charge is -2.10. The number of thiophene rings is 1. The lowest BCUT2D eigenvalue weighted by atomic mass is 9.97. The van der Waals surface area contributed by atoms with Gasteiger partial charge in [0.1, 0.15) is 11.2 Å². The van der Waals surface area contributed by atoms with Crippen LogP contribution in [0.25, 0.3) is 10.2 Å². The molecule has 24 heavy (non-hydrogen) atoms. The summed E-state index contributed by atoms with van der Waals surface area (Å²) in [6, 6.07) is 8.56. The smallest absolute Gasteiger partial charge is 0.186 e. The summed E-state index contributed by atoms with van der Waals surface area (Å²) in [6.45, 7) is 2.75. The van der Waals surface area contributed by atoms with Crippen LogP contribution in [0.5, 0.6) is 0 Å². The van der Waals surface area contributed by atoms with E-state index in [4.69, 9.17) is 0 Å². The van der Waals surface area contributed by atoms with Gasteiger partial charge in [0.25, 0.3) is 0 Å². The highest BCUT2D eigenvalue weighted by molar-refractivity contribution is 7.18. The lowest BCUT2D eigenvalue weighted by Crippen LogP contribution is -1.98. The molecule has 0 spiro atoms. The van der Waals surface area contributed by atoms with Gasteiger partial charge in [-0.25, -0.2) is 9.97 Å². The van der Waals surface area contributed by atoms with Gasteiger partial charge in [0.05, 0.1) is 11.9 Å². The Morgan fingerprint density at radius 1 is 1.04 bits per heavy atom. The Kier molecular flexibility index (Phi) is 4.34. The molecule has 0 saturated carbocycles. The van der Waals surface area contributed by atoms with Crippen LogP contribution in [-0.2, 0) is 25.8 Å². The molecule has 0 fully saturated rings. The van der Waals surface area contributed by atoms with Crippen LogP contribution in [0.3, 0.4) is 0 Å². The number of benzene rings is 1. The molecule has 0 atom stereocenters. The Labute approximate surface area is 145 Å². The molecule has 0 amide bonds. The van der Waals surface area contributed by atoms with E-state index in [-0.39, 0.29) is 0 Å². The van der Waals surface area contributed by atoms with E-state index in [1.54, 1.807) is 17.7 Å². The summed E-state index contributed by atoms with van der Waals surface area (Å²) in [6.07, 6.45) is 7.46. The van der Waals surface area contributed by atoms with Crippen molar-refractivity contribution in [3.05, 3.63) is 52.2 Å². The first kappa shape index (κ1) is 15.4. The van der Waals surface area contributed by atoms with E-state index >= 15 is 0 Å². The van der Waals surface area contributed by atoms with E-state index in [0.717, 1.165) is 35.3 Å². The van der Waals surface area contributed by atoms with Gasteiger partial charge < -0.3 is 0 Å². The molecule has 1 aromatic carbocycles. The molecule has 2 aromatic heterocycles. The Balaban J connectivity index is 1.60. The molecule has 5 heteroatoms. The zero-order valence-corrected chi connectivity index (χ0v) is 14.6. The second-order valence-electron chi connectivity index (χ2n) is 6.16. The van der Waals surface area contributed by atoms with Crippen molar-refractivity contribution in [1.29, 1.82) is 0 Å². The molecular weight excluding hydrogens is 316 g/mol. The first-order chi connectivity index (χ1) is 11.8. The van der Waals surface area contributed by atoms with Gasteiger partial charge in [-0.1, -0.05) is 31.2 Å². The number of aryl methyl sites for hydroxylation is 3. The Morgan fingerprint density at radius 3 is 2.67 bits per heavy atom. The summed E-state index contributed by atoms with van der Waals surface area (Å²) in [5, 5.41) is 9.95. The minimum absolute atomic E-state index is 0.585. The average Bonchev–Trinajstić information content (AvgIpc) is 3.02. The van der Waals surface area contributed by atoms with E-state index in [1.807, 2.05) is 0 Å². The number of aromatic nitrogens is 2. The quantitative estimate of drug-likeness (QED) is 0.598. The molecule has 4 rings (SSSR count). The molecule has 1 aliphatic carbocycles. The summed E-state index contributed by atoms with van der Waals surface area (Å²) in [5.41, 5.74) is 3.93. The summed E-state index contributed by atoms with van der Waals surface area (Å²) < 4.78 is 0. The van der Waals surface area contributed by atoms with Crippen LogP contribution in [0, 0.1) is 0 Å². The molecule has 0 radical (unpaired) electrons. The Morgan fingerprint density at radius 2 is 1.83 bits per heavy atom. The third-order valence-corrected chi connectivity index (χ3v) is 5.78. The molecule has 1 aliphatic rings. The maximum absolute atomic E-state index is 4.44. The van der Waals surface area contributed by atoms with E-state index in [0.29, 0.717) is 6.54 Å². The van der Waals surface area contributed by atoms with Gasteiger partial charge in [0.15, 0.2) is 5.82 Å². The van der Waals surface area contributed by atoms with Crippen LogP contribution in [0.1, 0.15) is 41.3 Å². The molecular formula is C19H20N4S. The molecule has 4 nitrogen and oxygen atoms in total. The van der Waals surface area contributed by atoms with Crippen molar-refractivity contribution >= 4 is 27.4 Å². The van der Waals surface area contributed by atoms with Gasteiger partial charge in [-0.3, -0.25) is 0 Å². The van der Waals surface area contributed by atoms with Crippen LogP contribution in [0.15, 0.2) is 40.8 Å². The Hall–Kier alpha value is -2.14. The van der Waals surface area contributed by atoms with Crippen LogP contribution < -0.4 is 0 Å². The molecule has 0 aliphatic heterocycles. The number of fused-ring (bicyclic) bond motifs is 3. The van der Waals surface area contributed by atoms with Gasteiger partial charge >= 0.3 is 0 Å². The largest absolute Gasteiger partial charge is 0.225 e. The van der Waals surface area contributed by atoms with E-state index < -0.39 is 0 Å². The third kappa shape index (κ3) is 2.96. The summed E-state index contributed by atoms with van der Waals surface area (Å²) >= 11 is 1.80. The number of hydrogen-bond acceptors (Lipinski definition) is 5. The minimum Gasteiger partial charge on any atom is -0.225 e. The molecule has 122 valence electrons. The maximum atomic E-state index is 4.44. The molecule has 2 heterocycles. The molecule has 0 N–H and O–H groups in total. The minimum atomic E-state index is 0.585. The normalized spacial score (nSPS) is 14.4. The van der Waals surface area contributed by atoms with Crippen molar-refractivity contribution in [3.63, 3.8) is 0 Å². The zero-order chi connectivity index (χ0) is 16.4. The first-order valence-corrected chi connectivity index (χ1v) is 9.37. The van der Waals surface area contributed by atoms with Crippen molar-refractivity contribution in [3.8, 4) is 0 Å². The predicted octanol–water partition coefficient (Wildman–Crippen LogP) is 5.42. The highest BCUT2D eigenvalue weighted by atomic mass is 32.1. The van der Waals surface area contributed by atoms with E-state index in [9.17, 15) is 0 Å². The summed E-state index contributed by atoms with van der Waals surface area (Å²) in [5.74, 6) is 0.726. The number of hydrogen-bond donors (Lipinski definition) is 0. The third-order valence-electron chi connectivity index (χ3n) is 4.58. The topological polar surface area (TPSA) is 50.5 Å². The standard InChI is InChI=1S/C19H20N4S/c1-2-13-7-9-14(10-8-13)11-22-23-18-17-15-5-3-4-6-16(15)24-19(17)21-12-20-18/h7-10,12H,2-6,11H2,1H3. The number of rotatable bonds is 4. The molecule has 0 bridgehead atoms. The average molecular weight is 336 g/mol. The second kappa shape index (κ2) is 6.77. The van der Waals surface area contributed by atoms with Gasteiger partial charge in [-0.15, -0.1) is 16.5 Å². The SMILES string of the molecule is CCc1ccc(CN=Nc2ncnc3sc4c(c23)CCCC4)cc1. The lowest BCUT2D eigenvalue weighted by molar-refractivity contribution is 0.700. The molecule has 3 aromatic rings. The molecule has 0 saturated heterocycles. The first-order valence-electron chi connectivity index (χ1n) is 8.55. The van der Waals surface area contributed by atoms with E-state index in [2.05, 4.69) is 51.4 Å². The van der Waals surface area contributed by atoms with Crippen molar-refractivity contribution in [2.24, 2.45) is 10.2 Å². The molecule has 0 unspecified atom stereocenters. The highest BCUT2D eigenvalue weighted by Crippen LogP contribution is 2.39. The maximum Gasteiger partial charge on any atom is 0.186 e. The van der Waals surface area contributed by atoms with Gasteiger partial charge in [-0.05, 0) is 48.8 Å². The van der Waals surface area contributed by atoms with Crippen LogP contribution in [0.4, 0.5) is 5.82 Å².